The summed E-state index contributed by atoms with van der Waals surface area (Å²) in [5.74, 6) is -4.45. The molecule has 0 bridgehead atoms. The van der Waals surface area contributed by atoms with Crippen LogP contribution in [0, 0.1) is 0 Å². The number of aliphatic carboxylic acids is 2. The first kappa shape index (κ1) is 31.1. The molecule has 17 heteroatoms. The maximum Gasteiger partial charge on any atom is 0.335 e. The molecule has 0 radical (unpaired) electrons. The smallest absolute Gasteiger partial charge is 0.335 e. The number of rotatable bonds is 7. The molecule has 4 unspecified atom stereocenters. The van der Waals surface area contributed by atoms with Crippen LogP contribution >= 0.6 is 0 Å². The lowest BCUT2D eigenvalue weighted by Gasteiger charge is -2.44. The standard InChI is InChI=1S/C27H26O17/c28-9-3-1-8(2-4-9)13-7-12(30)15-11(29)5-10(6-14(15)41-13)40-27-23(19(34)18(33)22(43-27)25(38)39)44-26-20(35)16(31)17(32)21(42-26)24(36)37/h1-7,16-23,26-29,31-35H,(H,36,37)(H,38,39)/t16-,17-,18-,19-,20?,21?,22?,23?,26-,27+/m0/s1. The van der Waals surface area contributed by atoms with Crippen LogP contribution in [-0.4, -0.2) is 119 Å². The first-order chi connectivity index (χ1) is 20.8. The average Bonchev–Trinajstić information content (AvgIpc) is 2.96. The second-order valence-corrected chi connectivity index (χ2v) is 10.0. The summed E-state index contributed by atoms with van der Waals surface area (Å²) < 4.78 is 27.2. The number of benzene rings is 2. The lowest BCUT2D eigenvalue weighted by molar-refractivity contribution is -0.350. The van der Waals surface area contributed by atoms with Crippen LogP contribution in [0.1, 0.15) is 0 Å². The van der Waals surface area contributed by atoms with Gasteiger partial charge in [-0.1, -0.05) is 0 Å². The lowest BCUT2D eigenvalue weighted by atomic mass is 9.97. The van der Waals surface area contributed by atoms with Crippen LogP contribution in [0.5, 0.6) is 17.2 Å². The number of fused-ring (bicyclic) bond motifs is 1. The summed E-state index contributed by atoms with van der Waals surface area (Å²) in [7, 11) is 0. The minimum Gasteiger partial charge on any atom is -0.508 e. The van der Waals surface area contributed by atoms with Crippen LogP contribution in [0.4, 0.5) is 0 Å². The van der Waals surface area contributed by atoms with Gasteiger partial charge in [-0.05, 0) is 24.3 Å². The molecular formula is C27H26O17. The molecule has 2 aliphatic rings. The Morgan fingerprint density at radius 2 is 1.32 bits per heavy atom. The Labute approximate surface area is 244 Å². The Bertz CT molecular complexity index is 1600. The summed E-state index contributed by atoms with van der Waals surface area (Å²) in [5.41, 5.74) is -0.488. The molecule has 3 heterocycles. The average molecular weight is 622 g/mol. The molecule has 2 saturated heterocycles. The Balaban J connectivity index is 1.50. The highest BCUT2D eigenvalue weighted by Gasteiger charge is 2.54. The van der Waals surface area contributed by atoms with E-state index < -0.39 is 84.5 Å². The summed E-state index contributed by atoms with van der Waals surface area (Å²) >= 11 is 0. The molecule has 17 nitrogen and oxygen atoms in total. The van der Waals surface area contributed by atoms with Gasteiger partial charge in [-0.2, -0.15) is 0 Å². The van der Waals surface area contributed by atoms with Crippen LogP contribution in [-0.2, 0) is 23.8 Å². The van der Waals surface area contributed by atoms with E-state index in [1.807, 2.05) is 0 Å². The largest absolute Gasteiger partial charge is 0.508 e. The minimum absolute atomic E-state index is 0.0378. The fraction of sp³-hybridized carbons (Fsp3) is 0.370. The zero-order valence-corrected chi connectivity index (χ0v) is 22.1. The Morgan fingerprint density at radius 1 is 0.727 bits per heavy atom. The van der Waals surface area contributed by atoms with Crippen molar-refractivity contribution in [3.63, 3.8) is 0 Å². The highest BCUT2D eigenvalue weighted by atomic mass is 16.8. The molecule has 1 aromatic heterocycles. The molecule has 44 heavy (non-hydrogen) atoms. The molecular weight excluding hydrogens is 596 g/mol. The number of ether oxygens (including phenoxy) is 4. The number of phenolic OH excluding ortho intramolecular Hbond substituents is 2. The summed E-state index contributed by atoms with van der Waals surface area (Å²) in [4.78, 5) is 36.0. The van der Waals surface area contributed by atoms with Crippen LogP contribution in [0.15, 0.2) is 51.7 Å². The van der Waals surface area contributed by atoms with E-state index in [1.54, 1.807) is 0 Å². The number of carboxylic acid groups (broad SMARTS) is 2. The van der Waals surface area contributed by atoms with Crippen molar-refractivity contribution in [2.75, 3.05) is 0 Å². The number of hydrogen-bond donors (Lipinski definition) is 9. The monoisotopic (exact) mass is 622 g/mol. The van der Waals surface area contributed by atoms with Crippen molar-refractivity contribution in [1.29, 1.82) is 0 Å². The van der Waals surface area contributed by atoms with E-state index in [4.69, 9.17) is 23.4 Å². The Morgan fingerprint density at radius 3 is 1.93 bits per heavy atom. The topological polar surface area (TPSA) is 283 Å². The summed E-state index contributed by atoms with van der Waals surface area (Å²) in [6.45, 7) is 0. The van der Waals surface area contributed by atoms with E-state index >= 15 is 0 Å². The third kappa shape index (κ3) is 5.77. The molecule has 2 aromatic carbocycles. The van der Waals surface area contributed by atoms with E-state index in [2.05, 4.69) is 0 Å². The maximum absolute atomic E-state index is 12.8. The summed E-state index contributed by atoms with van der Waals surface area (Å²) in [5, 5.41) is 90.3. The van der Waals surface area contributed by atoms with Gasteiger partial charge in [-0.3, -0.25) is 4.79 Å². The highest BCUT2D eigenvalue weighted by Crippen LogP contribution is 2.35. The number of carbonyl (C=O) groups is 2. The number of carboxylic acids is 2. The molecule has 5 rings (SSSR count). The Hall–Kier alpha value is -4.33. The number of hydrogen-bond acceptors (Lipinski definition) is 15. The first-order valence-corrected chi connectivity index (χ1v) is 12.9. The number of aromatic hydroxyl groups is 2. The van der Waals surface area contributed by atoms with Crippen LogP contribution in [0.3, 0.4) is 0 Å². The van der Waals surface area contributed by atoms with E-state index in [1.165, 1.54) is 24.3 Å². The van der Waals surface area contributed by atoms with Gasteiger partial charge >= 0.3 is 11.9 Å². The molecule has 2 aliphatic heterocycles. The van der Waals surface area contributed by atoms with Gasteiger partial charge in [0.05, 0.1) is 0 Å². The second-order valence-electron chi connectivity index (χ2n) is 10.0. The van der Waals surface area contributed by atoms with Gasteiger partial charge < -0.3 is 69.3 Å². The maximum atomic E-state index is 12.8. The van der Waals surface area contributed by atoms with Crippen molar-refractivity contribution in [2.24, 2.45) is 0 Å². The van der Waals surface area contributed by atoms with E-state index in [0.29, 0.717) is 5.56 Å². The number of aliphatic hydroxyl groups excluding tert-OH is 5. The molecule has 10 atom stereocenters. The van der Waals surface area contributed by atoms with Crippen LogP contribution in [0.25, 0.3) is 22.3 Å². The van der Waals surface area contributed by atoms with Crippen molar-refractivity contribution < 1.29 is 78.9 Å². The third-order valence-electron chi connectivity index (χ3n) is 7.08. The van der Waals surface area contributed by atoms with Crippen molar-refractivity contribution >= 4 is 22.9 Å². The first-order valence-electron chi connectivity index (χ1n) is 12.9. The number of aliphatic hydroxyl groups is 5. The fourth-order valence-electron chi connectivity index (χ4n) is 4.81. The van der Waals surface area contributed by atoms with Crippen molar-refractivity contribution in [1.82, 2.24) is 0 Å². The SMILES string of the molecule is O=C(O)C1O[C@@H](OC2[C@H](Oc3cc(O)c4c(=O)cc(-c5ccc(O)cc5)oc4c3)OC(C(=O)O)[C@@H](O)[C@@H]2O)C(O)[C@@H](O)[C@@H]1O. The quantitative estimate of drug-likeness (QED) is 0.138. The summed E-state index contributed by atoms with van der Waals surface area (Å²) in [6, 6.07) is 8.76. The molecule has 0 spiro atoms. The van der Waals surface area contributed by atoms with Gasteiger partial charge in [-0.15, -0.1) is 0 Å². The van der Waals surface area contributed by atoms with Gasteiger partial charge in [0.15, 0.2) is 30.0 Å². The van der Waals surface area contributed by atoms with Crippen molar-refractivity contribution in [3.8, 4) is 28.6 Å². The normalized spacial score (nSPS) is 32.3. The molecule has 9 N–H and O–H groups in total. The van der Waals surface area contributed by atoms with E-state index in [9.17, 15) is 60.3 Å². The van der Waals surface area contributed by atoms with Gasteiger partial charge in [0, 0.05) is 23.8 Å². The summed E-state index contributed by atoms with van der Waals surface area (Å²) in [6.07, 6.45) is -20.8. The third-order valence-corrected chi connectivity index (χ3v) is 7.08. The predicted molar refractivity (Wildman–Crippen MR) is 139 cm³/mol. The van der Waals surface area contributed by atoms with Crippen LogP contribution in [0.2, 0.25) is 0 Å². The predicted octanol–water partition coefficient (Wildman–Crippen LogP) is -1.94. The molecule has 2 fully saturated rings. The minimum atomic E-state index is -2.15. The highest BCUT2D eigenvalue weighted by molar-refractivity contribution is 5.86. The van der Waals surface area contributed by atoms with Gasteiger partial charge in [-0.25, -0.2) is 9.59 Å². The van der Waals surface area contributed by atoms with Gasteiger partial charge in [0.1, 0.15) is 64.5 Å². The van der Waals surface area contributed by atoms with E-state index in [-0.39, 0.29) is 28.2 Å². The molecule has 0 saturated carbocycles. The van der Waals surface area contributed by atoms with Crippen LogP contribution < -0.4 is 10.2 Å². The van der Waals surface area contributed by atoms with Crippen molar-refractivity contribution in [3.05, 3.63) is 52.7 Å². The zero-order valence-electron chi connectivity index (χ0n) is 22.1. The van der Waals surface area contributed by atoms with E-state index in [0.717, 1.165) is 18.2 Å². The lowest BCUT2D eigenvalue weighted by Crippen LogP contribution is -2.66. The fourth-order valence-corrected chi connectivity index (χ4v) is 4.81. The van der Waals surface area contributed by atoms with Gasteiger partial charge in [0.2, 0.25) is 6.29 Å². The van der Waals surface area contributed by atoms with Crippen molar-refractivity contribution in [2.45, 2.75) is 61.4 Å². The zero-order chi connectivity index (χ0) is 32.0. The number of phenols is 2. The van der Waals surface area contributed by atoms with Gasteiger partial charge in [0.25, 0.3) is 0 Å². The molecule has 0 aliphatic carbocycles. The molecule has 236 valence electrons. The second kappa shape index (κ2) is 12.0. The molecule has 0 amide bonds. The molecule has 3 aromatic rings. The Kier molecular flexibility index (Phi) is 8.47.